The normalized spacial score (nSPS) is 11.3. The van der Waals surface area contributed by atoms with Gasteiger partial charge < -0.3 is 0 Å². The molecule has 0 aliphatic carbocycles. The van der Waals surface area contributed by atoms with Gasteiger partial charge in [-0.15, -0.1) is 0 Å². The zero-order valence-electron chi connectivity index (χ0n) is 13.6. The van der Waals surface area contributed by atoms with E-state index in [2.05, 4.69) is 75.3 Å². The van der Waals surface area contributed by atoms with Crippen molar-refractivity contribution in [1.82, 2.24) is 0 Å². The Morgan fingerprint density at radius 3 is 1.31 bits per heavy atom. The summed E-state index contributed by atoms with van der Waals surface area (Å²) in [6.45, 7) is 21.8. The van der Waals surface area contributed by atoms with Crippen LogP contribution in [0.5, 0.6) is 0 Å². The number of hydrogen-bond acceptors (Lipinski definition) is 0. The SMILES string of the molecule is CC(C)(C)C.CC(C)C.CC/C=C(/C)CC. The summed E-state index contributed by atoms with van der Waals surface area (Å²) < 4.78 is 0. The third-order valence-corrected chi connectivity index (χ3v) is 1.11. The number of hydrogen-bond donors (Lipinski definition) is 0. The molecule has 0 radical (unpaired) electrons. The molecule has 0 amide bonds. The smallest absolute Gasteiger partial charge is 0.0352 e. The minimum atomic E-state index is 0.500. The first-order valence-electron chi connectivity index (χ1n) is 6.70. The summed E-state index contributed by atoms with van der Waals surface area (Å²) in [6.07, 6.45) is 4.65. The molecule has 0 unspecified atom stereocenters. The van der Waals surface area contributed by atoms with E-state index in [0.717, 1.165) is 5.92 Å². The van der Waals surface area contributed by atoms with E-state index >= 15 is 0 Å². The maximum Gasteiger partial charge on any atom is -0.0352 e. The van der Waals surface area contributed by atoms with Gasteiger partial charge in [0.1, 0.15) is 0 Å². The molecule has 16 heavy (non-hydrogen) atoms. The van der Waals surface area contributed by atoms with Crippen molar-refractivity contribution in [3.63, 3.8) is 0 Å². The van der Waals surface area contributed by atoms with Crippen LogP contribution in [0.25, 0.3) is 0 Å². The Labute approximate surface area is 106 Å². The van der Waals surface area contributed by atoms with Crippen LogP contribution in [0, 0.1) is 11.3 Å². The fourth-order valence-corrected chi connectivity index (χ4v) is 0.493. The molecule has 0 atom stereocenters. The van der Waals surface area contributed by atoms with Crippen LogP contribution in [0.3, 0.4) is 0 Å². The molecule has 100 valence electrons. The Kier molecular flexibility index (Phi) is 16.9. The molecule has 0 saturated heterocycles. The quantitative estimate of drug-likeness (QED) is 0.475. The van der Waals surface area contributed by atoms with E-state index < -0.39 is 0 Å². The predicted octanol–water partition coefficient (Wildman–Crippen LogP) is 6.47. The van der Waals surface area contributed by atoms with Gasteiger partial charge in [0.25, 0.3) is 0 Å². The van der Waals surface area contributed by atoms with E-state index in [0.29, 0.717) is 5.41 Å². The molecule has 0 bridgehead atoms. The van der Waals surface area contributed by atoms with Gasteiger partial charge in [-0.3, -0.25) is 0 Å². The summed E-state index contributed by atoms with van der Waals surface area (Å²) in [5, 5.41) is 0. The molecule has 0 aliphatic heterocycles. The Morgan fingerprint density at radius 1 is 1.00 bits per heavy atom. The minimum Gasteiger partial charge on any atom is -0.0859 e. The second kappa shape index (κ2) is 12.8. The Bertz CT molecular complexity index is 135. The fraction of sp³-hybridized carbons (Fsp3) is 0.875. The largest absolute Gasteiger partial charge is 0.0859 e. The molecule has 0 saturated carbocycles. The molecular formula is C16H36. The lowest BCUT2D eigenvalue weighted by molar-refractivity contribution is 0.469. The number of rotatable bonds is 2. The van der Waals surface area contributed by atoms with E-state index in [-0.39, 0.29) is 0 Å². The summed E-state index contributed by atoms with van der Waals surface area (Å²) in [7, 11) is 0. The molecule has 0 spiro atoms. The standard InChI is InChI=1S/C7H14.C5H12.C4H10/c1-4-6-7(3)5-2;1-5(2,3)4;1-4(2)3/h6H,4-5H2,1-3H3;1-4H3;4H,1-3H3/b7-6-;;. The van der Waals surface area contributed by atoms with Crippen LogP contribution < -0.4 is 0 Å². The van der Waals surface area contributed by atoms with Gasteiger partial charge in [-0.05, 0) is 31.1 Å². The first kappa shape index (κ1) is 21.1. The van der Waals surface area contributed by atoms with E-state index in [1.54, 1.807) is 0 Å². The van der Waals surface area contributed by atoms with E-state index in [1.807, 2.05) is 0 Å². The summed E-state index contributed by atoms with van der Waals surface area (Å²) in [4.78, 5) is 0. The lowest BCUT2D eigenvalue weighted by Gasteiger charge is -2.05. The van der Waals surface area contributed by atoms with Crippen LogP contribution in [0.2, 0.25) is 0 Å². The summed E-state index contributed by atoms with van der Waals surface area (Å²) >= 11 is 0. The van der Waals surface area contributed by atoms with Crippen LogP contribution >= 0.6 is 0 Å². The first-order valence-corrected chi connectivity index (χ1v) is 6.70. The predicted molar refractivity (Wildman–Crippen MR) is 80.0 cm³/mol. The average molecular weight is 228 g/mol. The van der Waals surface area contributed by atoms with Crippen LogP contribution in [0.15, 0.2) is 11.6 Å². The van der Waals surface area contributed by atoms with E-state index in [4.69, 9.17) is 0 Å². The second-order valence-corrected chi connectivity index (χ2v) is 6.54. The van der Waals surface area contributed by atoms with Crippen molar-refractivity contribution < 1.29 is 0 Å². The summed E-state index contributed by atoms with van der Waals surface area (Å²) in [6, 6.07) is 0. The zero-order valence-corrected chi connectivity index (χ0v) is 13.6. The van der Waals surface area contributed by atoms with Crippen molar-refractivity contribution in [3.8, 4) is 0 Å². The molecule has 0 rings (SSSR count). The molecule has 0 aliphatic rings. The van der Waals surface area contributed by atoms with Crippen molar-refractivity contribution in [2.24, 2.45) is 11.3 Å². The van der Waals surface area contributed by atoms with Crippen molar-refractivity contribution in [1.29, 1.82) is 0 Å². The minimum absolute atomic E-state index is 0.500. The fourth-order valence-electron chi connectivity index (χ4n) is 0.493. The maximum atomic E-state index is 2.26. The van der Waals surface area contributed by atoms with Crippen molar-refractivity contribution in [2.75, 3.05) is 0 Å². The van der Waals surface area contributed by atoms with Crippen LogP contribution in [-0.2, 0) is 0 Å². The van der Waals surface area contributed by atoms with Gasteiger partial charge in [0.05, 0.1) is 0 Å². The highest BCUT2D eigenvalue weighted by molar-refractivity contribution is 4.95. The van der Waals surface area contributed by atoms with Gasteiger partial charge in [-0.25, -0.2) is 0 Å². The lowest BCUT2D eigenvalue weighted by atomic mass is 10.0. The first-order chi connectivity index (χ1) is 7.04. The van der Waals surface area contributed by atoms with Gasteiger partial charge in [-0.2, -0.15) is 0 Å². The van der Waals surface area contributed by atoms with Crippen molar-refractivity contribution in [3.05, 3.63) is 11.6 Å². The van der Waals surface area contributed by atoms with Crippen LogP contribution in [0.4, 0.5) is 0 Å². The van der Waals surface area contributed by atoms with Gasteiger partial charge in [-0.1, -0.05) is 74.0 Å². The third-order valence-electron chi connectivity index (χ3n) is 1.11. The molecule has 0 fully saturated rings. The molecule has 0 heteroatoms. The van der Waals surface area contributed by atoms with Gasteiger partial charge >= 0.3 is 0 Å². The topological polar surface area (TPSA) is 0 Å². The molecule has 0 heterocycles. The zero-order chi connectivity index (χ0) is 13.8. The molecule has 0 N–H and O–H groups in total. The molecule has 0 aromatic carbocycles. The van der Waals surface area contributed by atoms with Gasteiger partial charge in [0.15, 0.2) is 0 Å². The van der Waals surface area contributed by atoms with Crippen molar-refractivity contribution in [2.45, 2.75) is 82.1 Å². The molecule has 0 aromatic rings. The third kappa shape index (κ3) is 99.3. The van der Waals surface area contributed by atoms with Crippen LogP contribution in [-0.4, -0.2) is 0 Å². The Balaban J connectivity index is -0.000000166. The maximum absolute atomic E-state index is 2.26. The lowest BCUT2D eigenvalue weighted by Crippen LogP contribution is -1.93. The Hall–Kier alpha value is -0.260. The highest BCUT2D eigenvalue weighted by Crippen LogP contribution is 2.08. The molecule has 0 aromatic heterocycles. The Morgan fingerprint density at radius 2 is 1.25 bits per heavy atom. The summed E-state index contributed by atoms with van der Waals surface area (Å²) in [5.74, 6) is 0.833. The van der Waals surface area contributed by atoms with Crippen molar-refractivity contribution >= 4 is 0 Å². The highest BCUT2D eigenvalue weighted by atomic mass is 14.0. The van der Waals surface area contributed by atoms with Crippen LogP contribution in [0.1, 0.15) is 82.1 Å². The molecular weight excluding hydrogens is 192 g/mol. The second-order valence-electron chi connectivity index (χ2n) is 6.54. The van der Waals surface area contributed by atoms with E-state index in [9.17, 15) is 0 Å². The number of allylic oxidation sites excluding steroid dienone is 2. The van der Waals surface area contributed by atoms with Gasteiger partial charge in [0.2, 0.25) is 0 Å². The average Bonchev–Trinajstić information content (AvgIpc) is 2.00. The van der Waals surface area contributed by atoms with E-state index in [1.165, 1.54) is 18.4 Å². The van der Waals surface area contributed by atoms with Gasteiger partial charge in [0, 0.05) is 0 Å². The monoisotopic (exact) mass is 228 g/mol. The highest BCUT2D eigenvalue weighted by Gasteiger charge is 1.95. The molecule has 0 nitrogen and oxygen atoms in total. The summed E-state index contributed by atoms with van der Waals surface area (Å²) in [5.41, 5.74) is 2.00.